The first-order chi connectivity index (χ1) is 28.8. The van der Waals surface area contributed by atoms with Crippen LogP contribution in [-0.4, -0.2) is 8.80 Å². The minimum Gasteiger partial charge on any atom is -0.310 e. The van der Waals surface area contributed by atoms with Gasteiger partial charge < -0.3 is 13.7 Å². The van der Waals surface area contributed by atoms with Gasteiger partial charge in [-0.05, 0) is 108 Å². The van der Waals surface area contributed by atoms with Crippen LogP contribution in [0.3, 0.4) is 0 Å². The predicted octanol–water partition coefficient (Wildman–Crippen LogP) is 15.0. The van der Waals surface area contributed by atoms with Crippen molar-refractivity contribution in [2.75, 3.05) is 4.90 Å². The van der Waals surface area contributed by atoms with Crippen LogP contribution in [0.25, 0.3) is 92.9 Å². The molecule has 3 nitrogen and oxygen atoms in total. The van der Waals surface area contributed by atoms with Gasteiger partial charge in [-0.3, -0.25) is 0 Å². The molecule has 0 radical (unpaired) electrons. The molecule has 0 atom stereocenters. The number of hydrogen-bond acceptors (Lipinski definition) is 1. The zero-order chi connectivity index (χ0) is 37.9. The van der Waals surface area contributed by atoms with E-state index in [0.717, 1.165) is 23.5 Å². The van der Waals surface area contributed by atoms with Gasteiger partial charge in [-0.25, -0.2) is 0 Å². The van der Waals surface area contributed by atoms with Crippen molar-refractivity contribution in [1.29, 1.82) is 0 Å². The lowest BCUT2D eigenvalue weighted by molar-refractivity contribution is 1.29. The van der Waals surface area contributed by atoms with Crippen LogP contribution in [0, 0.1) is 0 Å². The Morgan fingerprint density at radius 2 is 0.897 bits per heavy atom. The van der Waals surface area contributed by atoms with Crippen LogP contribution in [0.5, 0.6) is 0 Å². The van der Waals surface area contributed by atoms with Crippen molar-refractivity contribution in [1.82, 2.24) is 8.80 Å². The molecule has 0 fully saturated rings. The summed E-state index contributed by atoms with van der Waals surface area (Å²) in [7, 11) is 0. The first-order valence-electron chi connectivity index (χ1n) is 20.2. The molecule has 0 unspecified atom stereocenters. The molecule has 270 valence electrons. The molecule has 0 bridgehead atoms. The number of aromatic nitrogens is 2. The van der Waals surface area contributed by atoms with Gasteiger partial charge in [0.15, 0.2) is 0 Å². The zero-order valence-electron chi connectivity index (χ0n) is 31.6. The lowest BCUT2D eigenvalue weighted by Gasteiger charge is -2.25. The van der Waals surface area contributed by atoms with Crippen molar-refractivity contribution < 1.29 is 0 Å². The topological polar surface area (TPSA) is 12.1 Å². The van der Waals surface area contributed by atoms with Gasteiger partial charge in [-0.2, -0.15) is 0 Å². The third-order valence-corrected chi connectivity index (χ3v) is 12.5. The molecular weight excluding hydrogens is 703 g/mol. The van der Waals surface area contributed by atoms with E-state index < -0.39 is 0 Å². The Morgan fingerprint density at radius 1 is 0.345 bits per heavy atom. The zero-order valence-corrected chi connectivity index (χ0v) is 31.6. The molecule has 4 aromatic heterocycles. The molecule has 3 heteroatoms. The summed E-state index contributed by atoms with van der Waals surface area (Å²) in [6, 6.07) is 63.0. The highest BCUT2D eigenvalue weighted by molar-refractivity contribution is 6.30. The molecule has 58 heavy (non-hydrogen) atoms. The maximum absolute atomic E-state index is 2.54. The summed E-state index contributed by atoms with van der Waals surface area (Å²) in [5.74, 6) is 0. The Balaban J connectivity index is 1.16. The number of allylic oxidation sites excluding steroid dienone is 6. The lowest BCUT2D eigenvalue weighted by atomic mass is 9.96. The fourth-order valence-corrected chi connectivity index (χ4v) is 10.0. The molecular formula is C55H35N3. The van der Waals surface area contributed by atoms with Gasteiger partial charge >= 0.3 is 0 Å². The average molecular weight is 738 g/mol. The average Bonchev–Trinajstić information content (AvgIpc) is 3.92. The third kappa shape index (κ3) is 4.38. The Morgan fingerprint density at radius 3 is 1.59 bits per heavy atom. The van der Waals surface area contributed by atoms with E-state index >= 15 is 0 Å². The van der Waals surface area contributed by atoms with Crippen LogP contribution < -0.4 is 4.90 Å². The second-order valence-corrected chi connectivity index (χ2v) is 15.7. The van der Waals surface area contributed by atoms with E-state index in [2.05, 4.69) is 214 Å². The maximum Gasteiger partial charge on any atom is 0.0622 e. The summed E-state index contributed by atoms with van der Waals surface area (Å²) >= 11 is 0. The summed E-state index contributed by atoms with van der Waals surface area (Å²) in [5.41, 5.74) is 16.0. The standard InChI is InChI=1S/C55H35N3/c1-2-7-17-35(16-6-1)37-26-27-51-43(28-37)46-29-38(36-18-8-3-9-19-36)30-47-44-33-45-49-32-41(56(39-20-10-4-11-21-39)40-22-12-5-13-23-40)31-48-42-24-14-15-25-50(42)57(55(48)49)53(45)34-52(44)58(51)54(46)47/h1-16,18-34H,17H2. The van der Waals surface area contributed by atoms with Crippen LogP contribution in [0.15, 0.2) is 200 Å². The summed E-state index contributed by atoms with van der Waals surface area (Å²) in [6.45, 7) is 0. The van der Waals surface area contributed by atoms with E-state index in [-0.39, 0.29) is 0 Å². The monoisotopic (exact) mass is 737 g/mol. The number of nitrogens with zero attached hydrogens (tertiary/aromatic N) is 3. The van der Waals surface area contributed by atoms with Gasteiger partial charge in [-0.1, -0.05) is 121 Å². The van der Waals surface area contributed by atoms with Crippen LogP contribution in [-0.2, 0) is 0 Å². The molecule has 4 heterocycles. The van der Waals surface area contributed by atoms with Gasteiger partial charge in [-0.15, -0.1) is 0 Å². The number of fused-ring (bicyclic) bond motifs is 12. The van der Waals surface area contributed by atoms with Crippen molar-refractivity contribution >= 4 is 98.8 Å². The van der Waals surface area contributed by atoms with E-state index in [1.807, 2.05) is 0 Å². The van der Waals surface area contributed by atoms with Gasteiger partial charge in [0, 0.05) is 60.2 Å². The Labute approximate surface area is 334 Å². The number of benzene rings is 8. The van der Waals surface area contributed by atoms with Crippen LogP contribution >= 0.6 is 0 Å². The number of hydrogen-bond donors (Lipinski definition) is 0. The predicted molar refractivity (Wildman–Crippen MR) is 247 cm³/mol. The van der Waals surface area contributed by atoms with Crippen LogP contribution in [0.4, 0.5) is 17.1 Å². The largest absolute Gasteiger partial charge is 0.310 e. The first kappa shape index (κ1) is 31.6. The fraction of sp³-hybridized carbons (Fsp3) is 0.0182. The minimum absolute atomic E-state index is 0.919. The van der Waals surface area contributed by atoms with Gasteiger partial charge in [0.2, 0.25) is 0 Å². The van der Waals surface area contributed by atoms with Crippen molar-refractivity contribution in [3.05, 3.63) is 206 Å². The van der Waals surface area contributed by atoms with Crippen molar-refractivity contribution in [3.63, 3.8) is 0 Å². The summed E-state index contributed by atoms with van der Waals surface area (Å²) in [4.78, 5) is 2.39. The molecule has 8 aromatic carbocycles. The van der Waals surface area contributed by atoms with E-state index in [0.29, 0.717) is 0 Å². The molecule has 0 spiro atoms. The molecule has 0 amide bonds. The Kier molecular flexibility index (Phi) is 6.50. The van der Waals surface area contributed by atoms with Crippen molar-refractivity contribution in [2.45, 2.75) is 6.42 Å². The quantitative estimate of drug-likeness (QED) is 0.171. The maximum atomic E-state index is 2.54. The van der Waals surface area contributed by atoms with Crippen LogP contribution in [0.1, 0.15) is 12.0 Å². The Bertz CT molecular complexity index is 3640. The van der Waals surface area contributed by atoms with Crippen molar-refractivity contribution in [2.24, 2.45) is 0 Å². The van der Waals surface area contributed by atoms with E-state index in [1.54, 1.807) is 0 Å². The molecule has 1 aliphatic carbocycles. The fourth-order valence-electron chi connectivity index (χ4n) is 10.0. The molecule has 0 saturated carbocycles. The molecule has 0 saturated heterocycles. The van der Waals surface area contributed by atoms with Crippen molar-refractivity contribution in [3.8, 4) is 11.1 Å². The van der Waals surface area contributed by atoms with Gasteiger partial charge in [0.25, 0.3) is 0 Å². The summed E-state index contributed by atoms with van der Waals surface area (Å²) in [5, 5.41) is 10.2. The molecule has 0 aliphatic heterocycles. The third-order valence-electron chi connectivity index (χ3n) is 12.5. The van der Waals surface area contributed by atoms with E-state index in [1.165, 1.54) is 98.5 Å². The minimum atomic E-state index is 0.919. The van der Waals surface area contributed by atoms with Gasteiger partial charge in [0.1, 0.15) is 0 Å². The van der Waals surface area contributed by atoms with Gasteiger partial charge in [0.05, 0.1) is 33.1 Å². The number of rotatable bonds is 5. The van der Waals surface area contributed by atoms with Crippen LogP contribution in [0.2, 0.25) is 0 Å². The highest BCUT2D eigenvalue weighted by Crippen LogP contribution is 2.48. The highest BCUT2D eigenvalue weighted by atomic mass is 15.1. The molecule has 13 rings (SSSR count). The second kappa shape index (κ2) is 11.9. The normalized spacial score (nSPS) is 13.4. The van der Waals surface area contributed by atoms with E-state index in [4.69, 9.17) is 0 Å². The smallest absolute Gasteiger partial charge is 0.0622 e. The molecule has 12 aromatic rings. The molecule has 0 N–H and O–H groups in total. The SMILES string of the molecule is C1=CC=C(c2ccc3c(c2)c2cc(-c4ccccc4)cc4c5cc6c7cc(N(c8ccccc8)c8ccccc8)cc8c9ccccc9n(c6cc5n3c24)c87)CC=C1. The summed E-state index contributed by atoms with van der Waals surface area (Å²) in [6.07, 6.45) is 11.8. The molecule has 1 aliphatic rings. The highest BCUT2D eigenvalue weighted by Gasteiger charge is 2.25. The second-order valence-electron chi connectivity index (χ2n) is 15.7. The Hall–Kier alpha value is -7.62. The summed E-state index contributed by atoms with van der Waals surface area (Å²) < 4.78 is 5.06. The number of anilines is 3. The first-order valence-corrected chi connectivity index (χ1v) is 20.2. The number of para-hydroxylation sites is 3. The lowest BCUT2D eigenvalue weighted by Crippen LogP contribution is -2.09. The van der Waals surface area contributed by atoms with E-state index in [9.17, 15) is 0 Å².